The highest BCUT2D eigenvalue weighted by atomic mass is 32.2. The number of amides is 1. The van der Waals surface area contributed by atoms with Gasteiger partial charge in [-0.05, 0) is 61.6 Å². The number of rotatable bonds is 9. The molecule has 1 amide bonds. The first-order valence-electron chi connectivity index (χ1n) is 10.7. The van der Waals surface area contributed by atoms with E-state index < -0.39 is 32.5 Å². The molecule has 1 saturated heterocycles. The third-order valence-corrected chi connectivity index (χ3v) is 9.99. The number of piperidine rings is 1. The van der Waals surface area contributed by atoms with Crippen molar-refractivity contribution in [3.63, 3.8) is 0 Å². The van der Waals surface area contributed by atoms with Gasteiger partial charge in [0.15, 0.2) is 0 Å². The number of sulfonamides is 2. The standard InChI is InChI=1S/C22H29N3O6S3/c1-24(33(27,28)18-9-7-17(32-3)8-10-18)16-22(26)23-20-15-19(11-12-21(20)31-2)34(29,30)25-13-5-4-6-14-25/h7-12,15H,4-6,13-14,16H2,1-3H3,(H,23,26). The SMILES string of the molecule is COc1ccc(S(=O)(=O)N2CCCCC2)cc1NC(=O)CN(C)S(=O)(=O)c1ccc(SC)cc1. The van der Waals surface area contributed by atoms with Gasteiger partial charge in [0.1, 0.15) is 5.75 Å². The Bertz CT molecular complexity index is 1230. The number of carbonyl (C=O) groups is 1. The zero-order chi connectivity index (χ0) is 24.9. The number of hydrogen-bond donors (Lipinski definition) is 1. The summed E-state index contributed by atoms with van der Waals surface area (Å²) in [5, 5.41) is 2.59. The molecule has 186 valence electrons. The molecule has 34 heavy (non-hydrogen) atoms. The minimum Gasteiger partial charge on any atom is -0.495 e. The molecular weight excluding hydrogens is 498 g/mol. The molecular formula is C22H29N3O6S3. The monoisotopic (exact) mass is 527 g/mol. The number of nitrogens with zero attached hydrogens (tertiary/aromatic N) is 2. The number of hydrogen-bond acceptors (Lipinski definition) is 7. The Morgan fingerprint density at radius 3 is 2.24 bits per heavy atom. The van der Waals surface area contributed by atoms with Gasteiger partial charge in [-0.25, -0.2) is 16.8 Å². The second kappa shape index (κ2) is 11.1. The molecule has 9 nitrogen and oxygen atoms in total. The number of benzene rings is 2. The lowest BCUT2D eigenvalue weighted by atomic mass is 10.2. The van der Waals surface area contributed by atoms with Gasteiger partial charge in [0.2, 0.25) is 26.0 Å². The van der Waals surface area contributed by atoms with Crippen LogP contribution in [-0.2, 0) is 24.8 Å². The van der Waals surface area contributed by atoms with Gasteiger partial charge >= 0.3 is 0 Å². The first-order valence-corrected chi connectivity index (χ1v) is 14.8. The molecule has 0 atom stereocenters. The lowest BCUT2D eigenvalue weighted by molar-refractivity contribution is -0.116. The summed E-state index contributed by atoms with van der Waals surface area (Å²) >= 11 is 1.49. The second-order valence-corrected chi connectivity index (χ2v) is 12.7. The van der Waals surface area contributed by atoms with Crippen molar-refractivity contribution in [1.29, 1.82) is 0 Å². The average molecular weight is 528 g/mol. The Morgan fingerprint density at radius 2 is 1.65 bits per heavy atom. The molecule has 0 aliphatic carbocycles. The van der Waals surface area contributed by atoms with Crippen LogP contribution in [0, 0.1) is 0 Å². The van der Waals surface area contributed by atoms with E-state index in [0.29, 0.717) is 13.1 Å². The van der Waals surface area contributed by atoms with Gasteiger partial charge < -0.3 is 10.1 Å². The van der Waals surface area contributed by atoms with Gasteiger partial charge in [-0.3, -0.25) is 4.79 Å². The van der Waals surface area contributed by atoms with Crippen LogP contribution in [0.5, 0.6) is 5.75 Å². The van der Waals surface area contributed by atoms with E-state index in [4.69, 9.17) is 4.74 Å². The molecule has 3 rings (SSSR count). The van der Waals surface area contributed by atoms with Crippen molar-refractivity contribution in [2.45, 2.75) is 33.9 Å². The molecule has 2 aromatic carbocycles. The summed E-state index contributed by atoms with van der Waals surface area (Å²) in [6.07, 6.45) is 4.49. The molecule has 0 radical (unpaired) electrons. The highest BCUT2D eigenvalue weighted by molar-refractivity contribution is 7.98. The van der Waals surface area contributed by atoms with Gasteiger partial charge in [-0.15, -0.1) is 11.8 Å². The predicted molar refractivity (Wildman–Crippen MR) is 132 cm³/mol. The maximum Gasteiger partial charge on any atom is 0.243 e. The van der Waals surface area contributed by atoms with Gasteiger partial charge in [0, 0.05) is 25.0 Å². The predicted octanol–water partition coefficient (Wildman–Crippen LogP) is 2.85. The van der Waals surface area contributed by atoms with Crippen molar-refractivity contribution in [1.82, 2.24) is 8.61 Å². The normalized spacial score (nSPS) is 15.3. The van der Waals surface area contributed by atoms with Crippen LogP contribution >= 0.6 is 11.8 Å². The van der Waals surface area contributed by atoms with Crippen LogP contribution in [0.4, 0.5) is 5.69 Å². The van der Waals surface area contributed by atoms with Crippen LogP contribution in [0.25, 0.3) is 0 Å². The van der Waals surface area contributed by atoms with Crippen molar-refractivity contribution >= 4 is 43.4 Å². The fraction of sp³-hybridized carbons (Fsp3) is 0.409. The molecule has 1 aliphatic heterocycles. The fourth-order valence-corrected chi connectivity index (χ4v) is 6.68. The van der Waals surface area contributed by atoms with Crippen LogP contribution in [0.15, 0.2) is 57.2 Å². The molecule has 1 N–H and O–H groups in total. The van der Waals surface area contributed by atoms with Crippen LogP contribution in [0.2, 0.25) is 0 Å². The number of ether oxygens (including phenoxy) is 1. The molecule has 1 heterocycles. The number of thioether (sulfide) groups is 1. The van der Waals surface area contributed by atoms with E-state index in [0.717, 1.165) is 28.5 Å². The molecule has 0 bridgehead atoms. The molecule has 0 unspecified atom stereocenters. The third-order valence-electron chi connectivity index (χ3n) is 5.53. The highest BCUT2D eigenvalue weighted by Gasteiger charge is 2.28. The topological polar surface area (TPSA) is 113 Å². The van der Waals surface area contributed by atoms with E-state index in [-0.39, 0.29) is 21.2 Å². The van der Waals surface area contributed by atoms with Gasteiger partial charge in [0.25, 0.3) is 0 Å². The van der Waals surface area contributed by atoms with Crippen molar-refractivity contribution in [2.75, 3.05) is 45.4 Å². The smallest absolute Gasteiger partial charge is 0.243 e. The van der Waals surface area contributed by atoms with Crippen molar-refractivity contribution in [3.8, 4) is 5.75 Å². The quantitative estimate of drug-likeness (QED) is 0.499. The van der Waals surface area contributed by atoms with Crippen molar-refractivity contribution in [2.24, 2.45) is 0 Å². The lowest BCUT2D eigenvalue weighted by Gasteiger charge is -2.26. The van der Waals surface area contributed by atoms with E-state index in [2.05, 4.69) is 5.32 Å². The summed E-state index contributed by atoms with van der Waals surface area (Å²) in [6, 6.07) is 10.6. The van der Waals surface area contributed by atoms with E-state index in [1.54, 1.807) is 12.1 Å². The number of carbonyl (C=O) groups excluding carboxylic acids is 1. The Hall–Kier alpha value is -2.12. The van der Waals surface area contributed by atoms with Gasteiger partial charge in [0.05, 0.1) is 29.1 Å². The van der Waals surface area contributed by atoms with Gasteiger partial charge in [-0.2, -0.15) is 8.61 Å². The van der Waals surface area contributed by atoms with Gasteiger partial charge in [-0.1, -0.05) is 6.42 Å². The summed E-state index contributed by atoms with van der Waals surface area (Å²) in [5.74, 6) is -0.360. The summed E-state index contributed by atoms with van der Waals surface area (Å²) < 4.78 is 59.4. The summed E-state index contributed by atoms with van der Waals surface area (Å²) in [4.78, 5) is 13.7. The number of likely N-dealkylation sites (N-methyl/N-ethyl adjacent to an activating group) is 1. The number of nitrogens with one attached hydrogen (secondary N) is 1. The Labute approximate surface area is 205 Å². The number of anilines is 1. The zero-order valence-corrected chi connectivity index (χ0v) is 21.8. The summed E-state index contributed by atoms with van der Waals surface area (Å²) in [5.41, 5.74) is 0.153. The average Bonchev–Trinajstić information content (AvgIpc) is 2.84. The molecule has 12 heteroatoms. The maximum absolute atomic E-state index is 13.0. The first-order chi connectivity index (χ1) is 16.1. The number of methoxy groups -OCH3 is 1. The molecule has 2 aromatic rings. The van der Waals surface area contributed by atoms with Crippen molar-refractivity contribution in [3.05, 3.63) is 42.5 Å². The Morgan fingerprint density at radius 1 is 1.03 bits per heavy atom. The summed E-state index contributed by atoms with van der Waals surface area (Å²) in [7, 11) is -4.89. The van der Waals surface area contributed by atoms with Crippen LogP contribution in [-0.4, -0.2) is 71.4 Å². The maximum atomic E-state index is 13.0. The van der Waals surface area contributed by atoms with Crippen LogP contribution in [0.1, 0.15) is 19.3 Å². The largest absolute Gasteiger partial charge is 0.495 e. The molecule has 0 aromatic heterocycles. The minimum atomic E-state index is -3.88. The van der Waals surface area contributed by atoms with E-state index >= 15 is 0 Å². The molecule has 1 aliphatic rings. The first kappa shape index (κ1) is 26.5. The molecule has 0 saturated carbocycles. The highest BCUT2D eigenvalue weighted by Crippen LogP contribution is 2.30. The zero-order valence-electron chi connectivity index (χ0n) is 19.4. The summed E-state index contributed by atoms with van der Waals surface area (Å²) in [6.45, 7) is 0.451. The minimum absolute atomic E-state index is 0.0420. The van der Waals surface area contributed by atoms with E-state index in [1.807, 2.05) is 6.26 Å². The molecule has 1 fully saturated rings. The van der Waals surface area contributed by atoms with Crippen molar-refractivity contribution < 1.29 is 26.4 Å². The Kier molecular flexibility index (Phi) is 8.63. The van der Waals surface area contributed by atoms with E-state index in [9.17, 15) is 21.6 Å². The third kappa shape index (κ3) is 5.92. The molecule has 0 spiro atoms. The van der Waals surface area contributed by atoms with Crippen LogP contribution in [0.3, 0.4) is 0 Å². The fourth-order valence-electron chi connectivity index (χ4n) is 3.60. The van der Waals surface area contributed by atoms with Crippen LogP contribution < -0.4 is 10.1 Å². The lowest BCUT2D eigenvalue weighted by Crippen LogP contribution is -2.36. The van der Waals surface area contributed by atoms with E-state index in [1.165, 1.54) is 60.6 Å². The second-order valence-electron chi connectivity index (χ2n) is 7.81. The Balaban J connectivity index is 1.77.